The van der Waals surface area contributed by atoms with Crippen molar-refractivity contribution in [1.29, 1.82) is 0 Å². The Bertz CT molecular complexity index is 296. The first-order valence-electron chi connectivity index (χ1n) is 5.77. The molecule has 0 saturated heterocycles. The molecular weight excluding hydrogens is 220 g/mol. The van der Waals surface area contributed by atoms with Gasteiger partial charge in [0, 0.05) is 13.1 Å². The van der Waals surface area contributed by atoms with Crippen LogP contribution in [0.3, 0.4) is 0 Å². The highest BCUT2D eigenvalue weighted by Gasteiger charge is 2.35. The lowest BCUT2D eigenvalue weighted by Gasteiger charge is -2.26. The fourth-order valence-electron chi connectivity index (χ4n) is 1.42. The maximum Gasteiger partial charge on any atom is 0.315 e. The number of amides is 2. The van der Waals surface area contributed by atoms with Crippen LogP contribution in [0.5, 0.6) is 0 Å². The van der Waals surface area contributed by atoms with Crippen LogP contribution in [0.1, 0.15) is 33.6 Å². The summed E-state index contributed by atoms with van der Waals surface area (Å²) in [5, 5.41) is 14.4. The van der Waals surface area contributed by atoms with E-state index in [9.17, 15) is 9.59 Å². The zero-order valence-corrected chi connectivity index (χ0v) is 10.8. The molecule has 0 unspecified atom stereocenters. The van der Waals surface area contributed by atoms with Gasteiger partial charge >= 0.3 is 12.0 Å². The van der Waals surface area contributed by atoms with E-state index in [0.29, 0.717) is 19.4 Å². The second-order valence-electron chi connectivity index (χ2n) is 4.29. The van der Waals surface area contributed by atoms with Gasteiger partial charge in [0.1, 0.15) is 0 Å². The van der Waals surface area contributed by atoms with E-state index >= 15 is 0 Å². The van der Waals surface area contributed by atoms with Gasteiger partial charge in [0.2, 0.25) is 0 Å². The van der Waals surface area contributed by atoms with Gasteiger partial charge in [0.15, 0.2) is 0 Å². The molecule has 0 heterocycles. The van der Waals surface area contributed by atoms with Gasteiger partial charge in [-0.25, -0.2) is 4.79 Å². The van der Waals surface area contributed by atoms with E-state index in [4.69, 9.17) is 5.11 Å². The number of carboxylic acids is 1. The molecule has 5 nitrogen and oxygen atoms in total. The zero-order chi connectivity index (χ0) is 13.5. The average Bonchev–Trinajstić information content (AvgIpc) is 2.28. The minimum absolute atomic E-state index is 0.136. The third-order valence-corrected chi connectivity index (χ3v) is 2.95. The van der Waals surface area contributed by atoms with E-state index in [2.05, 4.69) is 17.2 Å². The van der Waals surface area contributed by atoms with Crippen molar-refractivity contribution in [2.75, 3.05) is 13.1 Å². The lowest BCUT2D eigenvalue weighted by molar-refractivity contribution is -0.149. The summed E-state index contributed by atoms with van der Waals surface area (Å²) >= 11 is 0. The molecule has 3 N–H and O–H groups in total. The third-order valence-electron chi connectivity index (χ3n) is 2.95. The van der Waals surface area contributed by atoms with Crippen LogP contribution in [0.2, 0.25) is 0 Å². The van der Waals surface area contributed by atoms with E-state index in [-0.39, 0.29) is 12.6 Å². The van der Waals surface area contributed by atoms with Crippen LogP contribution in [-0.4, -0.2) is 30.2 Å². The minimum Gasteiger partial charge on any atom is -0.481 e. The average molecular weight is 242 g/mol. The molecule has 0 aromatic carbocycles. The zero-order valence-electron chi connectivity index (χ0n) is 10.8. The highest BCUT2D eigenvalue weighted by molar-refractivity contribution is 5.78. The van der Waals surface area contributed by atoms with Gasteiger partial charge in [-0.15, -0.1) is 0 Å². The summed E-state index contributed by atoms with van der Waals surface area (Å²) in [7, 11) is 0. The van der Waals surface area contributed by atoms with Gasteiger partial charge in [-0.3, -0.25) is 4.79 Å². The molecular formula is C12H22N2O3. The van der Waals surface area contributed by atoms with Crippen molar-refractivity contribution in [2.24, 2.45) is 5.41 Å². The van der Waals surface area contributed by atoms with Crippen molar-refractivity contribution in [2.45, 2.75) is 33.6 Å². The maximum absolute atomic E-state index is 11.4. The third kappa shape index (κ3) is 4.89. The van der Waals surface area contributed by atoms with Crippen LogP contribution in [-0.2, 0) is 4.79 Å². The lowest BCUT2D eigenvalue weighted by atomic mass is 9.82. The van der Waals surface area contributed by atoms with E-state index in [1.54, 1.807) is 6.92 Å². The molecule has 0 saturated carbocycles. The predicted octanol–water partition coefficient (Wildman–Crippen LogP) is 1.75. The SMILES string of the molecule is C=C(C)CNC(=O)NCC(CC)(CC)C(=O)O. The van der Waals surface area contributed by atoms with Crippen molar-refractivity contribution in [3.8, 4) is 0 Å². The maximum atomic E-state index is 11.4. The number of carbonyl (C=O) groups is 2. The normalized spacial score (nSPS) is 10.8. The van der Waals surface area contributed by atoms with Crippen LogP contribution in [0.15, 0.2) is 12.2 Å². The monoisotopic (exact) mass is 242 g/mol. The molecule has 0 aliphatic rings. The molecule has 0 rings (SSSR count). The molecule has 0 spiro atoms. The predicted molar refractivity (Wildman–Crippen MR) is 66.9 cm³/mol. The Balaban J connectivity index is 4.27. The Morgan fingerprint density at radius 3 is 2.12 bits per heavy atom. The van der Waals surface area contributed by atoms with Gasteiger partial charge in [-0.05, 0) is 19.8 Å². The topological polar surface area (TPSA) is 78.4 Å². The van der Waals surface area contributed by atoms with Crippen molar-refractivity contribution in [1.82, 2.24) is 10.6 Å². The van der Waals surface area contributed by atoms with Crippen molar-refractivity contribution in [3.05, 3.63) is 12.2 Å². The van der Waals surface area contributed by atoms with Crippen molar-refractivity contribution in [3.63, 3.8) is 0 Å². The second kappa shape index (κ2) is 6.93. The van der Waals surface area contributed by atoms with Gasteiger partial charge in [-0.2, -0.15) is 0 Å². The highest BCUT2D eigenvalue weighted by Crippen LogP contribution is 2.25. The quantitative estimate of drug-likeness (QED) is 0.595. The molecule has 0 atom stereocenters. The standard InChI is InChI=1S/C12H22N2O3/c1-5-12(6-2,10(15)16)8-14-11(17)13-7-9(3)4/h3,5-8H2,1-2,4H3,(H,15,16)(H2,13,14,17). The molecule has 0 aromatic rings. The molecule has 5 heteroatoms. The number of nitrogens with one attached hydrogen (secondary N) is 2. The molecule has 0 bridgehead atoms. The number of hydrogen-bond donors (Lipinski definition) is 3. The van der Waals surface area contributed by atoms with Gasteiger partial charge < -0.3 is 15.7 Å². The van der Waals surface area contributed by atoms with Crippen molar-refractivity contribution < 1.29 is 14.7 Å². The Labute approximate surface area is 102 Å². The molecule has 0 fully saturated rings. The van der Waals surface area contributed by atoms with Crippen LogP contribution in [0.4, 0.5) is 4.79 Å². The fraction of sp³-hybridized carbons (Fsp3) is 0.667. The fourth-order valence-corrected chi connectivity index (χ4v) is 1.42. The minimum atomic E-state index is -0.874. The number of rotatable bonds is 7. The summed E-state index contributed by atoms with van der Waals surface area (Å²) < 4.78 is 0. The Morgan fingerprint density at radius 1 is 1.24 bits per heavy atom. The Hall–Kier alpha value is -1.52. The molecule has 2 amide bonds. The number of carbonyl (C=O) groups excluding carboxylic acids is 1. The van der Waals surface area contributed by atoms with Gasteiger partial charge in [0.25, 0.3) is 0 Å². The molecule has 0 aromatic heterocycles. The summed E-state index contributed by atoms with van der Waals surface area (Å²) in [6, 6.07) is -0.361. The van der Waals surface area contributed by atoms with Gasteiger partial charge in [0.05, 0.1) is 5.41 Å². The van der Waals surface area contributed by atoms with E-state index in [0.717, 1.165) is 5.57 Å². The smallest absolute Gasteiger partial charge is 0.315 e. The number of urea groups is 1. The molecule has 98 valence electrons. The summed E-state index contributed by atoms with van der Waals surface area (Å²) in [4.78, 5) is 22.6. The molecule has 0 radical (unpaired) electrons. The van der Waals surface area contributed by atoms with Crippen LogP contribution >= 0.6 is 0 Å². The number of aliphatic carboxylic acids is 1. The second-order valence-corrected chi connectivity index (χ2v) is 4.29. The first kappa shape index (κ1) is 15.5. The summed E-state index contributed by atoms with van der Waals surface area (Å²) in [6.45, 7) is 9.62. The van der Waals surface area contributed by atoms with E-state index in [1.807, 2.05) is 13.8 Å². The highest BCUT2D eigenvalue weighted by atomic mass is 16.4. The lowest BCUT2D eigenvalue weighted by Crippen LogP contribution is -2.46. The number of carboxylic acid groups (broad SMARTS) is 1. The van der Waals surface area contributed by atoms with Crippen LogP contribution < -0.4 is 10.6 Å². The summed E-state index contributed by atoms with van der Waals surface area (Å²) in [6.07, 6.45) is 0.971. The number of hydrogen-bond acceptors (Lipinski definition) is 2. The summed E-state index contributed by atoms with van der Waals surface area (Å²) in [5.41, 5.74) is -0.0313. The van der Waals surface area contributed by atoms with Crippen molar-refractivity contribution >= 4 is 12.0 Å². The van der Waals surface area contributed by atoms with Gasteiger partial charge in [-0.1, -0.05) is 26.0 Å². The molecule has 0 aliphatic carbocycles. The first-order chi connectivity index (χ1) is 7.88. The van der Waals surface area contributed by atoms with E-state index < -0.39 is 11.4 Å². The van der Waals surface area contributed by atoms with E-state index in [1.165, 1.54) is 0 Å². The largest absolute Gasteiger partial charge is 0.481 e. The van der Waals surface area contributed by atoms with Crippen LogP contribution in [0.25, 0.3) is 0 Å². The molecule has 17 heavy (non-hydrogen) atoms. The summed E-state index contributed by atoms with van der Waals surface area (Å²) in [5.74, 6) is -0.872. The Kier molecular flexibility index (Phi) is 6.31. The van der Waals surface area contributed by atoms with Crippen LogP contribution in [0, 0.1) is 5.41 Å². The molecule has 0 aliphatic heterocycles. The Morgan fingerprint density at radius 2 is 1.76 bits per heavy atom. The first-order valence-corrected chi connectivity index (χ1v) is 5.77.